The van der Waals surface area contributed by atoms with Gasteiger partial charge in [0.25, 0.3) is 0 Å². The minimum Gasteiger partial charge on any atom is -0.454 e. The van der Waals surface area contributed by atoms with Gasteiger partial charge in [-0.1, -0.05) is 20.8 Å². The Bertz CT molecular complexity index is 554. The lowest BCUT2D eigenvalue weighted by Gasteiger charge is -2.40. The summed E-state index contributed by atoms with van der Waals surface area (Å²) in [6.07, 6.45) is 4.02. The Morgan fingerprint density at radius 1 is 1.15 bits per heavy atom. The first-order valence-corrected chi connectivity index (χ1v) is 7.67. The number of hydrogen-bond donors (Lipinski definition) is 1. The third-order valence-corrected chi connectivity index (χ3v) is 6.51. The molecule has 2 bridgehead atoms. The maximum atomic E-state index is 5.47. The van der Waals surface area contributed by atoms with Crippen molar-refractivity contribution in [2.75, 3.05) is 12.1 Å². The van der Waals surface area contributed by atoms with Gasteiger partial charge in [0, 0.05) is 17.8 Å². The molecule has 1 aromatic carbocycles. The fraction of sp³-hybridized carbons (Fsp3) is 0.647. The first-order valence-electron chi connectivity index (χ1n) is 7.67. The van der Waals surface area contributed by atoms with Gasteiger partial charge in [-0.05, 0) is 48.1 Å². The van der Waals surface area contributed by atoms with Gasteiger partial charge >= 0.3 is 0 Å². The van der Waals surface area contributed by atoms with Crippen LogP contribution >= 0.6 is 0 Å². The second-order valence-corrected chi connectivity index (χ2v) is 7.38. The van der Waals surface area contributed by atoms with Crippen molar-refractivity contribution in [2.24, 2.45) is 16.7 Å². The molecule has 3 aliphatic rings. The van der Waals surface area contributed by atoms with Gasteiger partial charge in [-0.2, -0.15) is 0 Å². The number of hydrogen-bond acceptors (Lipinski definition) is 3. The molecule has 1 heterocycles. The van der Waals surface area contributed by atoms with Crippen LogP contribution in [0, 0.1) is 16.7 Å². The van der Waals surface area contributed by atoms with Crippen molar-refractivity contribution in [1.82, 2.24) is 0 Å². The van der Waals surface area contributed by atoms with E-state index in [9.17, 15) is 0 Å². The van der Waals surface area contributed by atoms with Crippen molar-refractivity contribution in [3.05, 3.63) is 18.2 Å². The molecule has 0 aromatic heterocycles. The van der Waals surface area contributed by atoms with Crippen molar-refractivity contribution in [3.63, 3.8) is 0 Å². The highest BCUT2D eigenvalue weighted by molar-refractivity contribution is 5.56. The van der Waals surface area contributed by atoms with Crippen molar-refractivity contribution in [3.8, 4) is 11.5 Å². The van der Waals surface area contributed by atoms with Crippen LogP contribution in [-0.4, -0.2) is 12.8 Å². The van der Waals surface area contributed by atoms with Gasteiger partial charge in [-0.25, -0.2) is 0 Å². The van der Waals surface area contributed by atoms with E-state index in [1.807, 2.05) is 6.07 Å². The quantitative estimate of drug-likeness (QED) is 0.882. The Morgan fingerprint density at radius 2 is 1.95 bits per heavy atom. The molecular formula is C17H23NO2. The number of nitrogens with one attached hydrogen (secondary N) is 1. The molecule has 3 unspecified atom stereocenters. The summed E-state index contributed by atoms with van der Waals surface area (Å²) in [5.41, 5.74) is 2.00. The highest BCUT2D eigenvalue weighted by atomic mass is 16.7. The molecule has 4 rings (SSSR count). The van der Waals surface area contributed by atoms with Crippen LogP contribution in [0.15, 0.2) is 18.2 Å². The average molecular weight is 273 g/mol. The van der Waals surface area contributed by atoms with E-state index in [1.54, 1.807) is 0 Å². The fourth-order valence-corrected chi connectivity index (χ4v) is 4.61. The maximum Gasteiger partial charge on any atom is 0.231 e. The lowest BCUT2D eigenvalue weighted by molar-refractivity contribution is 0.142. The van der Waals surface area contributed by atoms with Crippen LogP contribution in [0.25, 0.3) is 0 Å². The first-order chi connectivity index (χ1) is 9.50. The van der Waals surface area contributed by atoms with E-state index in [1.165, 1.54) is 19.3 Å². The van der Waals surface area contributed by atoms with E-state index in [0.717, 1.165) is 23.1 Å². The Morgan fingerprint density at radius 3 is 2.65 bits per heavy atom. The Labute approximate surface area is 120 Å². The van der Waals surface area contributed by atoms with Crippen molar-refractivity contribution >= 4 is 5.69 Å². The van der Waals surface area contributed by atoms with E-state index in [0.29, 0.717) is 23.7 Å². The molecule has 3 atom stereocenters. The maximum absolute atomic E-state index is 5.47. The minimum absolute atomic E-state index is 0.342. The van der Waals surface area contributed by atoms with Gasteiger partial charge in [0.1, 0.15) is 0 Å². The SMILES string of the molecule is CC1(C)C2CCC1(C)C(Nc1ccc3c(c1)OCO3)C2. The Kier molecular flexibility index (Phi) is 2.37. The standard InChI is InChI=1S/C17H23NO2/c1-16(2)11-6-7-17(16,3)15(8-11)18-12-4-5-13-14(9-12)20-10-19-13/h4-5,9,11,15,18H,6-8,10H2,1-3H3. The molecule has 20 heavy (non-hydrogen) atoms. The van der Waals surface area contributed by atoms with E-state index >= 15 is 0 Å². The summed E-state index contributed by atoms with van der Waals surface area (Å²) in [5, 5.41) is 3.76. The van der Waals surface area contributed by atoms with Crippen molar-refractivity contribution in [1.29, 1.82) is 0 Å². The lowest BCUT2D eigenvalue weighted by atomic mass is 9.69. The van der Waals surface area contributed by atoms with Gasteiger partial charge < -0.3 is 14.8 Å². The zero-order valence-electron chi connectivity index (χ0n) is 12.5. The second kappa shape index (κ2) is 3.84. The van der Waals surface area contributed by atoms with Crippen molar-refractivity contribution in [2.45, 2.75) is 46.1 Å². The van der Waals surface area contributed by atoms with Crippen LogP contribution < -0.4 is 14.8 Å². The largest absolute Gasteiger partial charge is 0.454 e. The molecular weight excluding hydrogens is 250 g/mol. The number of fused-ring (bicyclic) bond motifs is 3. The van der Waals surface area contributed by atoms with E-state index in [2.05, 4.69) is 38.2 Å². The Balaban J connectivity index is 1.59. The number of anilines is 1. The third kappa shape index (κ3) is 1.46. The normalized spacial score (nSPS) is 36.4. The van der Waals surface area contributed by atoms with Gasteiger partial charge in [-0.3, -0.25) is 0 Å². The van der Waals surface area contributed by atoms with Crippen LogP contribution in [-0.2, 0) is 0 Å². The molecule has 0 saturated heterocycles. The fourth-order valence-electron chi connectivity index (χ4n) is 4.61. The summed E-state index contributed by atoms with van der Waals surface area (Å²) in [5.74, 6) is 2.58. The highest BCUT2D eigenvalue weighted by Gasteiger charge is 2.61. The lowest BCUT2D eigenvalue weighted by Crippen LogP contribution is -2.40. The van der Waals surface area contributed by atoms with E-state index in [-0.39, 0.29) is 0 Å². The number of benzene rings is 1. The predicted molar refractivity (Wildman–Crippen MR) is 79.2 cm³/mol. The third-order valence-electron chi connectivity index (χ3n) is 6.51. The highest BCUT2D eigenvalue weighted by Crippen LogP contribution is 2.65. The summed E-state index contributed by atoms with van der Waals surface area (Å²) in [4.78, 5) is 0. The van der Waals surface area contributed by atoms with Crippen LogP contribution in [0.2, 0.25) is 0 Å². The zero-order chi connectivity index (χ0) is 14.0. The van der Waals surface area contributed by atoms with Gasteiger partial charge in [0.2, 0.25) is 6.79 Å². The molecule has 0 radical (unpaired) electrons. The molecule has 0 amide bonds. The molecule has 0 spiro atoms. The monoisotopic (exact) mass is 273 g/mol. The molecule has 1 aromatic rings. The topological polar surface area (TPSA) is 30.5 Å². The number of ether oxygens (including phenoxy) is 2. The van der Waals surface area contributed by atoms with E-state index in [4.69, 9.17) is 9.47 Å². The summed E-state index contributed by atoms with van der Waals surface area (Å²) >= 11 is 0. The molecule has 3 nitrogen and oxygen atoms in total. The van der Waals surface area contributed by atoms with E-state index < -0.39 is 0 Å². The van der Waals surface area contributed by atoms with Crippen LogP contribution in [0.3, 0.4) is 0 Å². The molecule has 108 valence electrons. The summed E-state index contributed by atoms with van der Waals surface area (Å²) in [7, 11) is 0. The summed E-state index contributed by atoms with van der Waals surface area (Å²) in [6.45, 7) is 7.71. The van der Waals surface area contributed by atoms with Gasteiger partial charge in [0.15, 0.2) is 11.5 Å². The van der Waals surface area contributed by atoms with Crippen LogP contribution in [0.4, 0.5) is 5.69 Å². The van der Waals surface area contributed by atoms with Crippen LogP contribution in [0.1, 0.15) is 40.0 Å². The number of rotatable bonds is 2. The zero-order valence-corrected chi connectivity index (χ0v) is 12.5. The summed E-state index contributed by atoms with van der Waals surface area (Å²) < 4.78 is 10.8. The molecule has 2 saturated carbocycles. The van der Waals surface area contributed by atoms with Gasteiger partial charge in [-0.15, -0.1) is 0 Å². The smallest absolute Gasteiger partial charge is 0.231 e. The molecule has 2 aliphatic carbocycles. The second-order valence-electron chi connectivity index (χ2n) is 7.38. The minimum atomic E-state index is 0.342. The molecule has 1 N–H and O–H groups in total. The Hall–Kier alpha value is -1.38. The molecule has 1 aliphatic heterocycles. The van der Waals surface area contributed by atoms with Gasteiger partial charge in [0.05, 0.1) is 0 Å². The average Bonchev–Trinajstić information content (AvgIpc) is 3.00. The summed E-state index contributed by atoms with van der Waals surface area (Å²) in [6, 6.07) is 6.75. The van der Waals surface area contributed by atoms with Crippen LogP contribution in [0.5, 0.6) is 11.5 Å². The first kappa shape index (κ1) is 12.4. The molecule has 2 fully saturated rings. The van der Waals surface area contributed by atoms with Crippen molar-refractivity contribution < 1.29 is 9.47 Å². The predicted octanol–water partition coefficient (Wildman–Crippen LogP) is 4.04. The molecule has 3 heteroatoms.